The number of pyridine rings is 1. The van der Waals surface area contributed by atoms with E-state index in [-0.39, 0.29) is 24.0 Å². The van der Waals surface area contributed by atoms with Gasteiger partial charge in [0.25, 0.3) is 0 Å². The number of hydrogen-bond acceptors (Lipinski definition) is 4. The highest BCUT2D eigenvalue weighted by Crippen LogP contribution is 2.43. The van der Waals surface area contributed by atoms with Crippen LogP contribution in [0, 0.1) is 13.8 Å². The maximum Gasteiger partial charge on any atom is 0.217 e. The average molecular weight is 597 g/mol. The Labute approximate surface area is 230 Å². The number of hydrogen-bond donors (Lipinski definition) is 0. The molecule has 0 aliphatic carbocycles. The van der Waals surface area contributed by atoms with Crippen molar-refractivity contribution in [2.75, 3.05) is 28.4 Å². The van der Waals surface area contributed by atoms with Crippen molar-refractivity contribution in [2.24, 2.45) is 0 Å². The van der Waals surface area contributed by atoms with E-state index in [1.54, 1.807) is 28.4 Å². The normalized spacial score (nSPS) is 11.8. The summed E-state index contributed by atoms with van der Waals surface area (Å²) in [5.74, 6) is 3.01. The lowest BCUT2D eigenvalue weighted by Gasteiger charge is -2.22. The van der Waals surface area contributed by atoms with Crippen LogP contribution in [-0.2, 0) is 19.4 Å². The van der Waals surface area contributed by atoms with Crippen molar-refractivity contribution in [3.63, 3.8) is 0 Å². The number of aryl methyl sites for hydroxylation is 4. The molecule has 0 spiro atoms. The summed E-state index contributed by atoms with van der Waals surface area (Å²) in [6, 6.07) is 15.1. The van der Waals surface area contributed by atoms with Crippen LogP contribution >= 0.6 is 0 Å². The lowest BCUT2D eigenvalue weighted by atomic mass is 9.87. The van der Waals surface area contributed by atoms with Crippen molar-refractivity contribution in [3.05, 3.63) is 76.5 Å². The SMILES string of the molecule is COc1cc2c(cc1OC)-c1c(Cc3ccc(C)cc3C)c3ccc(OC)c(OC)c3c[n+]1CC2.[I-]. The fraction of sp³-hybridized carbons (Fsp3) is 0.300. The number of fused-ring (bicyclic) bond motifs is 4. The molecule has 0 saturated carbocycles. The Morgan fingerprint density at radius 2 is 1.50 bits per heavy atom. The molecule has 0 unspecified atom stereocenters. The molecule has 188 valence electrons. The zero-order valence-corrected chi connectivity index (χ0v) is 23.9. The smallest absolute Gasteiger partial charge is 0.217 e. The Bertz CT molecular complexity index is 1450. The second-order valence-electron chi connectivity index (χ2n) is 9.13. The summed E-state index contributed by atoms with van der Waals surface area (Å²) in [6.07, 6.45) is 3.92. The molecule has 0 atom stereocenters. The van der Waals surface area contributed by atoms with Gasteiger partial charge in [-0.3, -0.25) is 0 Å². The van der Waals surface area contributed by atoms with Gasteiger partial charge < -0.3 is 42.9 Å². The van der Waals surface area contributed by atoms with Crippen molar-refractivity contribution in [1.82, 2.24) is 0 Å². The number of halogens is 1. The van der Waals surface area contributed by atoms with Crippen LogP contribution in [-0.4, -0.2) is 28.4 Å². The molecule has 4 aromatic rings. The molecular weight excluding hydrogens is 565 g/mol. The lowest BCUT2D eigenvalue weighted by molar-refractivity contribution is -0.686. The molecule has 1 aliphatic rings. The molecular formula is C30H32INO4. The quantitative estimate of drug-likeness (QED) is 0.253. The van der Waals surface area contributed by atoms with Crippen LogP contribution in [0.4, 0.5) is 0 Å². The molecule has 1 aliphatic heterocycles. The van der Waals surface area contributed by atoms with Gasteiger partial charge >= 0.3 is 0 Å². The second kappa shape index (κ2) is 10.5. The van der Waals surface area contributed by atoms with Crippen molar-refractivity contribution >= 4 is 10.8 Å². The molecule has 0 N–H and O–H groups in total. The Balaban J connectivity index is 0.00000304. The molecule has 0 radical (unpaired) electrons. The van der Waals surface area contributed by atoms with E-state index in [0.29, 0.717) is 0 Å². The summed E-state index contributed by atoms with van der Waals surface area (Å²) >= 11 is 0. The summed E-state index contributed by atoms with van der Waals surface area (Å²) in [5, 5.41) is 2.22. The summed E-state index contributed by atoms with van der Waals surface area (Å²) in [7, 11) is 6.77. The molecule has 5 nitrogen and oxygen atoms in total. The maximum absolute atomic E-state index is 5.85. The average Bonchev–Trinajstić information content (AvgIpc) is 2.87. The maximum atomic E-state index is 5.85. The lowest BCUT2D eigenvalue weighted by Crippen LogP contribution is -3.00. The van der Waals surface area contributed by atoms with Gasteiger partial charge in [0.1, 0.15) is 0 Å². The number of nitrogens with zero attached hydrogens (tertiary/aromatic N) is 1. The molecule has 0 bridgehead atoms. The minimum Gasteiger partial charge on any atom is -1.00 e. The highest BCUT2D eigenvalue weighted by atomic mass is 127. The highest BCUT2D eigenvalue weighted by molar-refractivity contribution is 5.95. The van der Waals surface area contributed by atoms with Crippen molar-refractivity contribution in [2.45, 2.75) is 33.2 Å². The third-order valence-electron chi connectivity index (χ3n) is 7.12. The predicted molar refractivity (Wildman–Crippen MR) is 138 cm³/mol. The molecule has 5 rings (SSSR count). The first-order valence-corrected chi connectivity index (χ1v) is 11.9. The van der Waals surface area contributed by atoms with Crippen LogP contribution in [0.25, 0.3) is 22.0 Å². The van der Waals surface area contributed by atoms with Crippen molar-refractivity contribution in [1.29, 1.82) is 0 Å². The molecule has 6 heteroatoms. The second-order valence-corrected chi connectivity index (χ2v) is 9.13. The van der Waals surface area contributed by atoms with Crippen LogP contribution in [0.2, 0.25) is 0 Å². The van der Waals surface area contributed by atoms with E-state index in [1.165, 1.54) is 39.1 Å². The molecule has 36 heavy (non-hydrogen) atoms. The van der Waals surface area contributed by atoms with Gasteiger partial charge in [-0.25, -0.2) is 0 Å². The van der Waals surface area contributed by atoms with Gasteiger partial charge in [0.2, 0.25) is 5.69 Å². The first kappa shape index (κ1) is 26.1. The van der Waals surface area contributed by atoms with Crippen LogP contribution < -0.4 is 47.5 Å². The van der Waals surface area contributed by atoms with Gasteiger partial charge in [-0.1, -0.05) is 23.8 Å². The molecule has 2 heterocycles. The zero-order chi connectivity index (χ0) is 24.7. The summed E-state index contributed by atoms with van der Waals surface area (Å²) < 4.78 is 25.1. The van der Waals surface area contributed by atoms with E-state index in [0.717, 1.165) is 53.2 Å². The van der Waals surface area contributed by atoms with Gasteiger partial charge in [0, 0.05) is 23.8 Å². The van der Waals surface area contributed by atoms with E-state index < -0.39 is 0 Å². The van der Waals surface area contributed by atoms with Gasteiger partial charge in [-0.05, 0) is 54.8 Å². The first-order valence-electron chi connectivity index (χ1n) is 11.9. The highest BCUT2D eigenvalue weighted by Gasteiger charge is 2.31. The zero-order valence-electron chi connectivity index (χ0n) is 21.7. The van der Waals surface area contributed by atoms with Crippen LogP contribution in [0.15, 0.2) is 48.7 Å². The van der Waals surface area contributed by atoms with Gasteiger partial charge in [0.15, 0.2) is 35.7 Å². The van der Waals surface area contributed by atoms with E-state index >= 15 is 0 Å². The summed E-state index contributed by atoms with van der Waals surface area (Å²) in [5.41, 5.74) is 8.82. The van der Waals surface area contributed by atoms with Crippen molar-refractivity contribution in [3.8, 4) is 34.3 Å². The fourth-order valence-corrected chi connectivity index (χ4v) is 5.36. The van der Waals surface area contributed by atoms with Gasteiger partial charge in [-0.2, -0.15) is 4.57 Å². The van der Waals surface area contributed by atoms with Crippen LogP contribution in [0.1, 0.15) is 27.8 Å². The summed E-state index contributed by atoms with van der Waals surface area (Å²) in [4.78, 5) is 0. The number of aromatic nitrogens is 1. The van der Waals surface area contributed by atoms with Gasteiger partial charge in [0.05, 0.1) is 39.4 Å². The van der Waals surface area contributed by atoms with E-state index in [2.05, 4.69) is 61.0 Å². The largest absolute Gasteiger partial charge is 1.00 e. The first-order chi connectivity index (χ1) is 17.0. The number of benzene rings is 3. The Morgan fingerprint density at radius 3 is 2.17 bits per heavy atom. The number of ether oxygens (including phenoxy) is 4. The van der Waals surface area contributed by atoms with E-state index in [4.69, 9.17) is 18.9 Å². The topological polar surface area (TPSA) is 40.8 Å². The van der Waals surface area contributed by atoms with Crippen LogP contribution in [0.5, 0.6) is 23.0 Å². The fourth-order valence-electron chi connectivity index (χ4n) is 5.36. The molecule has 1 aromatic heterocycles. The van der Waals surface area contributed by atoms with Gasteiger partial charge in [-0.15, -0.1) is 0 Å². The minimum absolute atomic E-state index is 0. The Hall–Kier alpha value is -3.00. The van der Waals surface area contributed by atoms with Crippen molar-refractivity contribution < 1.29 is 47.5 Å². The summed E-state index contributed by atoms with van der Waals surface area (Å²) in [6.45, 7) is 5.20. The molecule has 0 saturated heterocycles. The van der Waals surface area contributed by atoms with E-state index in [1.807, 2.05) is 6.07 Å². The predicted octanol–water partition coefficient (Wildman–Crippen LogP) is 2.60. The van der Waals surface area contributed by atoms with E-state index in [9.17, 15) is 0 Å². The Morgan fingerprint density at radius 1 is 0.778 bits per heavy atom. The minimum atomic E-state index is 0. The standard InChI is InChI=1S/C30H32NO4.HI/c1-18-7-8-20(19(2)13-18)14-24-22-9-10-26(32-3)30(35-6)25(22)17-31-12-11-21-15-27(33-4)28(34-5)16-23(21)29(24)31;/h7-10,13,15-17H,11-12,14H2,1-6H3;1H/q+1;/p-1. The molecule has 3 aromatic carbocycles. The third-order valence-corrected chi connectivity index (χ3v) is 7.12. The molecule has 0 fully saturated rings. The third kappa shape index (κ3) is 4.36. The molecule has 0 amide bonds. The number of methoxy groups -OCH3 is 4. The van der Waals surface area contributed by atoms with Crippen LogP contribution in [0.3, 0.4) is 0 Å². The number of rotatable bonds is 6. The Kier molecular flexibility index (Phi) is 7.64. The monoisotopic (exact) mass is 597 g/mol.